The van der Waals surface area contributed by atoms with Gasteiger partial charge in [0.05, 0.1) is 13.2 Å². The summed E-state index contributed by atoms with van der Waals surface area (Å²) in [6.45, 7) is 5.97. The highest BCUT2D eigenvalue weighted by atomic mass is 35.5. The molecule has 1 fully saturated rings. The maximum absolute atomic E-state index is 12.1. The van der Waals surface area contributed by atoms with Crippen LogP contribution in [0.4, 0.5) is 0 Å². The lowest BCUT2D eigenvalue weighted by atomic mass is 10.2. The highest BCUT2D eigenvalue weighted by Crippen LogP contribution is 2.13. The standard InChI is InChI=1S/C16H24ClN3O2/c1-22-10-5-18-12-16(21)20-8-6-19(7-9-20)13-14-3-2-4-15(17)11-14/h2-4,11,18H,5-10,12-13H2,1H3. The Morgan fingerprint density at radius 2 is 2.09 bits per heavy atom. The zero-order valence-electron chi connectivity index (χ0n) is 13.1. The van der Waals surface area contributed by atoms with Crippen LogP contribution in [-0.2, 0) is 16.1 Å². The molecule has 0 aliphatic carbocycles. The molecule has 0 radical (unpaired) electrons. The molecule has 1 aromatic carbocycles. The molecule has 122 valence electrons. The molecule has 22 heavy (non-hydrogen) atoms. The molecule has 0 atom stereocenters. The number of hydrogen-bond donors (Lipinski definition) is 1. The molecule has 6 heteroatoms. The normalized spacial score (nSPS) is 16.0. The Morgan fingerprint density at radius 1 is 1.32 bits per heavy atom. The number of carbonyl (C=O) groups is 1. The Kier molecular flexibility index (Phi) is 7.12. The summed E-state index contributed by atoms with van der Waals surface area (Å²) in [6, 6.07) is 7.95. The van der Waals surface area contributed by atoms with Gasteiger partial charge < -0.3 is 15.0 Å². The van der Waals surface area contributed by atoms with E-state index in [1.54, 1.807) is 7.11 Å². The molecule has 5 nitrogen and oxygen atoms in total. The summed E-state index contributed by atoms with van der Waals surface area (Å²) in [5, 5.41) is 3.87. The van der Waals surface area contributed by atoms with Crippen molar-refractivity contribution in [3.63, 3.8) is 0 Å². The average Bonchev–Trinajstić information content (AvgIpc) is 2.52. The highest BCUT2D eigenvalue weighted by molar-refractivity contribution is 6.30. The summed E-state index contributed by atoms with van der Waals surface area (Å²) in [6.07, 6.45) is 0. The van der Waals surface area contributed by atoms with E-state index >= 15 is 0 Å². The van der Waals surface area contributed by atoms with Crippen molar-refractivity contribution in [1.82, 2.24) is 15.1 Å². The van der Waals surface area contributed by atoms with Crippen LogP contribution in [0.5, 0.6) is 0 Å². The maximum atomic E-state index is 12.1. The second-order valence-electron chi connectivity index (χ2n) is 5.46. The van der Waals surface area contributed by atoms with Crippen molar-refractivity contribution in [2.45, 2.75) is 6.54 Å². The van der Waals surface area contributed by atoms with Crippen LogP contribution >= 0.6 is 11.6 Å². The minimum atomic E-state index is 0.165. The average molecular weight is 326 g/mol. The van der Waals surface area contributed by atoms with Crippen LogP contribution in [0.1, 0.15) is 5.56 Å². The molecule has 0 saturated carbocycles. The summed E-state index contributed by atoms with van der Waals surface area (Å²) in [7, 11) is 1.66. The Hall–Kier alpha value is -1.14. The topological polar surface area (TPSA) is 44.8 Å². The second-order valence-corrected chi connectivity index (χ2v) is 5.89. The number of piperazine rings is 1. The van der Waals surface area contributed by atoms with Crippen LogP contribution in [0.3, 0.4) is 0 Å². The fourth-order valence-electron chi connectivity index (χ4n) is 2.53. The number of nitrogens with one attached hydrogen (secondary N) is 1. The van der Waals surface area contributed by atoms with Gasteiger partial charge in [-0.3, -0.25) is 9.69 Å². The number of benzene rings is 1. The van der Waals surface area contributed by atoms with E-state index in [2.05, 4.69) is 16.3 Å². The first-order chi connectivity index (χ1) is 10.7. The fraction of sp³-hybridized carbons (Fsp3) is 0.562. The van der Waals surface area contributed by atoms with E-state index in [0.717, 1.165) is 37.7 Å². The number of halogens is 1. The molecule has 1 aliphatic rings. The Bertz CT molecular complexity index is 476. The van der Waals surface area contributed by atoms with Gasteiger partial charge in [-0.15, -0.1) is 0 Å². The molecule has 0 bridgehead atoms. The Balaban J connectivity index is 1.70. The molecule has 1 saturated heterocycles. The lowest BCUT2D eigenvalue weighted by Gasteiger charge is -2.34. The summed E-state index contributed by atoms with van der Waals surface area (Å²) < 4.78 is 4.94. The highest BCUT2D eigenvalue weighted by Gasteiger charge is 2.20. The van der Waals surface area contributed by atoms with Crippen LogP contribution in [-0.4, -0.2) is 68.7 Å². The molecular weight excluding hydrogens is 302 g/mol. The quantitative estimate of drug-likeness (QED) is 0.766. The first-order valence-corrected chi connectivity index (χ1v) is 8.01. The largest absolute Gasteiger partial charge is 0.383 e. The monoisotopic (exact) mass is 325 g/mol. The molecule has 0 spiro atoms. The van der Waals surface area contributed by atoms with Gasteiger partial charge >= 0.3 is 0 Å². The first-order valence-electron chi connectivity index (χ1n) is 7.63. The van der Waals surface area contributed by atoms with Gasteiger partial charge in [0.1, 0.15) is 0 Å². The molecule has 1 heterocycles. The lowest BCUT2D eigenvalue weighted by Crippen LogP contribution is -2.50. The van der Waals surface area contributed by atoms with Crippen molar-refractivity contribution < 1.29 is 9.53 Å². The van der Waals surface area contributed by atoms with Crippen LogP contribution in [0, 0.1) is 0 Å². The molecule has 1 aliphatic heterocycles. The fourth-order valence-corrected chi connectivity index (χ4v) is 2.74. The molecule has 1 amide bonds. The van der Waals surface area contributed by atoms with Crippen molar-refractivity contribution in [1.29, 1.82) is 0 Å². The van der Waals surface area contributed by atoms with Gasteiger partial charge in [-0.2, -0.15) is 0 Å². The third-order valence-electron chi connectivity index (χ3n) is 3.78. The van der Waals surface area contributed by atoms with E-state index in [4.69, 9.17) is 16.3 Å². The molecular formula is C16H24ClN3O2. The van der Waals surface area contributed by atoms with E-state index < -0.39 is 0 Å². The lowest BCUT2D eigenvalue weighted by molar-refractivity contribution is -0.132. The number of rotatable bonds is 7. The number of hydrogen-bond acceptors (Lipinski definition) is 4. The maximum Gasteiger partial charge on any atom is 0.236 e. The third-order valence-corrected chi connectivity index (χ3v) is 4.01. The van der Waals surface area contributed by atoms with Crippen LogP contribution in [0.25, 0.3) is 0 Å². The minimum absolute atomic E-state index is 0.165. The predicted octanol–water partition coefficient (Wildman–Crippen LogP) is 1.22. The molecule has 1 aromatic rings. The van der Waals surface area contributed by atoms with E-state index in [1.165, 1.54) is 5.56 Å². The predicted molar refractivity (Wildman–Crippen MR) is 88.1 cm³/mol. The zero-order valence-corrected chi connectivity index (χ0v) is 13.8. The van der Waals surface area contributed by atoms with Crippen molar-refractivity contribution in [2.24, 2.45) is 0 Å². The zero-order chi connectivity index (χ0) is 15.8. The van der Waals surface area contributed by atoms with Gasteiger partial charge in [0, 0.05) is 51.4 Å². The van der Waals surface area contributed by atoms with Crippen molar-refractivity contribution in [3.05, 3.63) is 34.9 Å². The summed E-state index contributed by atoms with van der Waals surface area (Å²) in [4.78, 5) is 16.3. The van der Waals surface area contributed by atoms with Crippen molar-refractivity contribution in [2.75, 3.05) is 53.0 Å². The van der Waals surface area contributed by atoms with Crippen molar-refractivity contribution in [3.8, 4) is 0 Å². The van der Waals surface area contributed by atoms with Gasteiger partial charge in [0.15, 0.2) is 0 Å². The van der Waals surface area contributed by atoms with Crippen LogP contribution in [0.2, 0.25) is 5.02 Å². The number of ether oxygens (including phenoxy) is 1. The van der Waals surface area contributed by atoms with E-state index in [-0.39, 0.29) is 5.91 Å². The smallest absolute Gasteiger partial charge is 0.236 e. The molecule has 1 N–H and O–H groups in total. The number of methoxy groups -OCH3 is 1. The van der Waals surface area contributed by atoms with Gasteiger partial charge in [-0.1, -0.05) is 23.7 Å². The molecule has 0 unspecified atom stereocenters. The summed E-state index contributed by atoms with van der Waals surface area (Å²) in [5.74, 6) is 0.165. The minimum Gasteiger partial charge on any atom is -0.383 e. The van der Waals surface area contributed by atoms with Gasteiger partial charge in [-0.25, -0.2) is 0 Å². The Labute approximate surface area is 137 Å². The van der Waals surface area contributed by atoms with E-state index in [1.807, 2.05) is 23.1 Å². The summed E-state index contributed by atoms with van der Waals surface area (Å²) >= 11 is 6.01. The van der Waals surface area contributed by atoms with Gasteiger partial charge in [-0.05, 0) is 17.7 Å². The summed E-state index contributed by atoms with van der Waals surface area (Å²) in [5.41, 5.74) is 1.22. The first kappa shape index (κ1) is 17.2. The van der Waals surface area contributed by atoms with Gasteiger partial charge in [0.2, 0.25) is 5.91 Å². The van der Waals surface area contributed by atoms with Crippen LogP contribution < -0.4 is 5.32 Å². The molecule has 2 rings (SSSR count). The number of carbonyl (C=O) groups excluding carboxylic acids is 1. The molecule has 0 aromatic heterocycles. The van der Waals surface area contributed by atoms with E-state index in [9.17, 15) is 4.79 Å². The SMILES string of the molecule is COCCNCC(=O)N1CCN(Cc2cccc(Cl)c2)CC1. The van der Waals surface area contributed by atoms with Crippen molar-refractivity contribution >= 4 is 17.5 Å². The number of nitrogens with zero attached hydrogens (tertiary/aromatic N) is 2. The third kappa shape index (κ3) is 5.57. The second kappa shape index (κ2) is 9.10. The van der Waals surface area contributed by atoms with Gasteiger partial charge in [0.25, 0.3) is 0 Å². The Morgan fingerprint density at radius 3 is 2.77 bits per heavy atom. The van der Waals surface area contributed by atoms with Crippen LogP contribution in [0.15, 0.2) is 24.3 Å². The van der Waals surface area contributed by atoms with E-state index in [0.29, 0.717) is 19.7 Å². The number of amides is 1.